The van der Waals surface area contributed by atoms with Gasteiger partial charge in [0.15, 0.2) is 29.1 Å². The van der Waals surface area contributed by atoms with Gasteiger partial charge in [-0.25, -0.2) is 26.3 Å². The molecule has 0 aliphatic carbocycles. The van der Waals surface area contributed by atoms with Crippen LogP contribution in [0.3, 0.4) is 0 Å². The molecule has 33 heavy (non-hydrogen) atoms. The second-order valence-electron chi connectivity index (χ2n) is 5.76. The molecule has 0 saturated heterocycles. The lowest BCUT2D eigenvalue weighted by atomic mass is 10.2. The summed E-state index contributed by atoms with van der Waals surface area (Å²) in [6.45, 7) is 17.1. The number of benzene rings is 3. The third kappa shape index (κ3) is 16.5. The van der Waals surface area contributed by atoms with Crippen LogP contribution in [-0.4, -0.2) is 0 Å². The fraction of sp³-hybridized carbons (Fsp3) is 0.333. The third-order valence-corrected chi connectivity index (χ3v) is 3.21. The zero-order valence-corrected chi connectivity index (χ0v) is 21.0. The van der Waals surface area contributed by atoms with Crippen LogP contribution < -0.4 is 0 Å². The Bertz CT molecular complexity index is 830. The number of hydrogen-bond donors (Lipinski definition) is 0. The molecule has 0 atom stereocenters. The van der Waals surface area contributed by atoms with E-state index in [-0.39, 0.29) is 5.82 Å². The Morgan fingerprint density at radius 1 is 0.394 bits per heavy atom. The highest BCUT2D eigenvalue weighted by Crippen LogP contribution is 2.12. The van der Waals surface area contributed by atoms with Crippen LogP contribution in [0.4, 0.5) is 26.3 Å². The monoisotopic (exact) mass is 474 g/mol. The maximum Gasteiger partial charge on any atom is 0.194 e. The zero-order valence-electron chi connectivity index (χ0n) is 21.0. The lowest BCUT2D eigenvalue weighted by Gasteiger charge is -1.95. The number of hydrogen-bond acceptors (Lipinski definition) is 0. The van der Waals surface area contributed by atoms with Crippen LogP contribution in [0.15, 0.2) is 54.6 Å². The van der Waals surface area contributed by atoms with Crippen molar-refractivity contribution in [2.24, 2.45) is 0 Å². The standard InChI is InChI=1S/C7H5F3.C7H6F2.C7H7F.3C2H6/c1-4-2-5(8)7(10)6(9)3-4;1-5-2-3-6(8)7(9)4-5;1-6-2-4-7(8)5-3-6;3*1-2/h2-3H,1H3;2-4H,1H3;2-5H,1H3;3*1-2H3. The Morgan fingerprint density at radius 3 is 1.09 bits per heavy atom. The van der Waals surface area contributed by atoms with Gasteiger partial charge in [0.1, 0.15) is 5.82 Å². The molecule has 0 N–H and O–H groups in total. The quantitative estimate of drug-likeness (QED) is 0.225. The molecular weight excluding hydrogens is 438 g/mol. The van der Waals surface area contributed by atoms with Crippen LogP contribution >= 0.6 is 0 Å². The summed E-state index contributed by atoms with van der Waals surface area (Å²) >= 11 is 0. The van der Waals surface area contributed by atoms with Crippen molar-refractivity contribution >= 4 is 0 Å². The van der Waals surface area contributed by atoms with Crippen LogP contribution in [0.1, 0.15) is 58.2 Å². The van der Waals surface area contributed by atoms with Gasteiger partial charge in [0, 0.05) is 0 Å². The van der Waals surface area contributed by atoms with Gasteiger partial charge in [-0.2, -0.15) is 0 Å². The molecule has 0 aliphatic heterocycles. The van der Waals surface area contributed by atoms with E-state index >= 15 is 0 Å². The van der Waals surface area contributed by atoms with Crippen molar-refractivity contribution < 1.29 is 26.3 Å². The third-order valence-electron chi connectivity index (χ3n) is 3.21. The molecular formula is C27H36F6. The Balaban J connectivity index is -0.000000368. The lowest BCUT2D eigenvalue weighted by molar-refractivity contribution is 0.446. The van der Waals surface area contributed by atoms with Gasteiger partial charge in [-0.15, -0.1) is 0 Å². The highest BCUT2D eigenvalue weighted by Gasteiger charge is 2.07. The molecule has 0 unspecified atom stereocenters. The Kier molecular flexibility index (Phi) is 22.3. The second kappa shape index (κ2) is 21.1. The van der Waals surface area contributed by atoms with Gasteiger partial charge in [0.25, 0.3) is 0 Å². The van der Waals surface area contributed by atoms with Gasteiger partial charge in [-0.1, -0.05) is 65.3 Å². The summed E-state index contributed by atoms with van der Waals surface area (Å²) < 4.78 is 73.0. The van der Waals surface area contributed by atoms with Crippen LogP contribution in [0.5, 0.6) is 0 Å². The maximum atomic E-state index is 12.2. The minimum atomic E-state index is -1.41. The van der Waals surface area contributed by atoms with Crippen LogP contribution in [0.25, 0.3) is 0 Å². The topological polar surface area (TPSA) is 0 Å². The first-order valence-electron chi connectivity index (χ1n) is 10.8. The molecule has 0 spiro atoms. The Morgan fingerprint density at radius 2 is 0.758 bits per heavy atom. The molecule has 186 valence electrons. The van der Waals surface area contributed by atoms with Crippen molar-refractivity contribution in [1.82, 2.24) is 0 Å². The number of halogens is 6. The van der Waals surface area contributed by atoms with Crippen molar-refractivity contribution in [2.45, 2.75) is 62.3 Å². The van der Waals surface area contributed by atoms with Crippen LogP contribution in [0, 0.1) is 55.7 Å². The molecule has 0 radical (unpaired) electrons. The molecule has 0 heterocycles. The predicted molar refractivity (Wildman–Crippen MR) is 127 cm³/mol. The largest absolute Gasteiger partial charge is 0.207 e. The molecule has 0 bridgehead atoms. The van der Waals surface area contributed by atoms with E-state index in [1.807, 2.05) is 48.5 Å². The summed E-state index contributed by atoms with van der Waals surface area (Å²) in [5, 5.41) is 0. The smallest absolute Gasteiger partial charge is 0.194 e. The van der Waals surface area contributed by atoms with Gasteiger partial charge in [-0.05, 0) is 68.3 Å². The first kappa shape index (κ1) is 34.8. The van der Waals surface area contributed by atoms with Gasteiger partial charge < -0.3 is 0 Å². The van der Waals surface area contributed by atoms with Crippen molar-refractivity contribution in [3.63, 3.8) is 0 Å². The first-order valence-corrected chi connectivity index (χ1v) is 10.8. The van der Waals surface area contributed by atoms with E-state index < -0.39 is 29.1 Å². The lowest BCUT2D eigenvalue weighted by Crippen LogP contribution is -1.90. The molecule has 3 rings (SSSR count). The van der Waals surface area contributed by atoms with Crippen LogP contribution in [-0.2, 0) is 0 Å². The molecule has 6 heteroatoms. The summed E-state index contributed by atoms with van der Waals surface area (Å²) in [6.07, 6.45) is 0. The van der Waals surface area contributed by atoms with E-state index in [1.54, 1.807) is 19.1 Å². The Labute approximate surface area is 195 Å². The fourth-order valence-electron chi connectivity index (χ4n) is 1.82. The second-order valence-corrected chi connectivity index (χ2v) is 5.76. The molecule has 0 nitrogen and oxygen atoms in total. The first-order chi connectivity index (χ1) is 15.6. The van der Waals surface area contributed by atoms with Crippen molar-refractivity contribution in [3.05, 3.63) is 106 Å². The SMILES string of the molecule is CC.CC.CC.Cc1cc(F)c(F)c(F)c1.Cc1ccc(F)c(F)c1.Cc1ccc(F)cc1. The molecule has 0 aromatic heterocycles. The molecule has 3 aromatic carbocycles. The number of rotatable bonds is 0. The molecule has 0 saturated carbocycles. The minimum absolute atomic E-state index is 0.171. The van der Waals surface area contributed by atoms with Gasteiger partial charge in [0.2, 0.25) is 0 Å². The van der Waals surface area contributed by atoms with E-state index in [0.29, 0.717) is 5.56 Å². The molecule has 0 fully saturated rings. The summed E-state index contributed by atoms with van der Waals surface area (Å²) in [5.74, 6) is -5.44. The van der Waals surface area contributed by atoms with Crippen molar-refractivity contribution in [2.75, 3.05) is 0 Å². The normalized spacial score (nSPS) is 8.45. The highest BCUT2D eigenvalue weighted by atomic mass is 19.2. The predicted octanol–water partition coefficient (Wildman–Crippen LogP) is 9.90. The summed E-state index contributed by atoms with van der Waals surface area (Å²) in [7, 11) is 0. The van der Waals surface area contributed by atoms with Gasteiger partial charge in [-0.3, -0.25) is 0 Å². The van der Waals surface area contributed by atoms with E-state index in [0.717, 1.165) is 35.4 Å². The van der Waals surface area contributed by atoms with Gasteiger partial charge in [0.05, 0.1) is 0 Å². The Hall–Kier alpha value is -2.76. The average molecular weight is 475 g/mol. The van der Waals surface area contributed by atoms with E-state index in [2.05, 4.69) is 0 Å². The highest BCUT2D eigenvalue weighted by molar-refractivity contribution is 5.17. The van der Waals surface area contributed by atoms with Gasteiger partial charge >= 0.3 is 0 Å². The number of aryl methyl sites for hydroxylation is 3. The maximum absolute atomic E-state index is 12.2. The minimum Gasteiger partial charge on any atom is -0.207 e. The summed E-state index contributed by atoms with van der Waals surface area (Å²) in [6, 6.07) is 12.1. The van der Waals surface area contributed by atoms with E-state index in [1.165, 1.54) is 25.1 Å². The van der Waals surface area contributed by atoms with E-state index in [9.17, 15) is 26.3 Å². The molecule has 0 aliphatic rings. The average Bonchev–Trinajstić information content (AvgIpc) is 2.82. The van der Waals surface area contributed by atoms with Crippen LogP contribution in [0.2, 0.25) is 0 Å². The summed E-state index contributed by atoms with van der Waals surface area (Å²) in [5.41, 5.74) is 2.19. The zero-order chi connectivity index (χ0) is 26.6. The fourth-order valence-corrected chi connectivity index (χ4v) is 1.82. The van der Waals surface area contributed by atoms with E-state index in [4.69, 9.17) is 0 Å². The summed E-state index contributed by atoms with van der Waals surface area (Å²) in [4.78, 5) is 0. The molecule has 0 amide bonds. The molecule has 3 aromatic rings. The van der Waals surface area contributed by atoms with Crippen molar-refractivity contribution in [3.8, 4) is 0 Å². The van der Waals surface area contributed by atoms with Crippen molar-refractivity contribution in [1.29, 1.82) is 0 Å².